The smallest absolute Gasteiger partial charge is 0.257 e. The van der Waals surface area contributed by atoms with Crippen molar-refractivity contribution >= 4 is 22.4 Å². The zero-order chi connectivity index (χ0) is 17.9. The molecule has 0 radical (unpaired) electrons. The van der Waals surface area contributed by atoms with Gasteiger partial charge in [0.25, 0.3) is 5.91 Å². The largest absolute Gasteiger partial charge is 0.298 e. The summed E-state index contributed by atoms with van der Waals surface area (Å²) in [4.78, 5) is 19.4. The number of aromatic nitrogens is 1. The Labute approximate surface area is 157 Å². The molecule has 0 bridgehead atoms. The highest BCUT2D eigenvalue weighted by molar-refractivity contribution is 7.14. The molecule has 1 aliphatic heterocycles. The average Bonchev–Trinajstić information content (AvgIpc) is 3.08. The standard InChI is InChI=1S/C21H21N3OS/c1-15-6-2-5-9-19(15)20(25)23-21-22-18(14-26-21)13-24-11-10-16-7-3-4-8-17(16)12-24/h2-9,14H,10-13H2,1H3,(H,22,23,25). The number of rotatable bonds is 4. The van der Waals surface area contributed by atoms with Crippen molar-refractivity contribution in [3.63, 3.8) is 0 Å². The highest BCUT2D eigenvalue weighted by Gasteiger charge is 2.17. The van der Waals surface area contributed by atoms with Crippen LogP contribution in [0.5, 0.6) is 0 Å². The molecule has 0 atom stereocenters. The number of thiazole rings is 1. The molecule has 3 aromatic rings. The molecule has 0 unspecified atom stereocenters. The highest BCUT2D eigenvalue weighted by Crippen LogP contribution is 2.22. The summed E-state index contributed by atoms with van der Waals surface area (Å²) in [6.07, 6.45) is 1.08. The van der Waals surface area contributed by atoms with E-state index in [2.05, 4.69) is 39.5 Å². The molecule has 1 aromatic heterocycles. The summed E-state index contributed by atoms with van der Waals surface area (Å²) < 4.78 is 0. The lowest BCUT2D eigenvalue weighted by molar-refractivity contribution is 0.102. The second-order valence-electron chi connectivity index (χ2n) is 6.64. The zero-order valence-corrected chi connectivity index (χ0v) is 15.6. The van der Waals surface area contributed by atoms with Gasteiger partial charge in [0.1, 0.15) is 0 Å². The van der Waals surface area contributed by atoms with E-state index in [9.17, 15) is 4.79 Å². The van der Waals surface area contributed by atoms with Crippen molar-refractivity contribution in [2.75, 3.05) is 11.9 Å². The molecule has 1 amide bonds. The van der Waals surface area contributed by atoms with Crippen LogP contribution in [0.15, 0.2) is 53.9 Å². The highest BCUT2D eigenvalue weighted by atomic mass is 32.1. The fourth-order valence-electron chi connectivity index (χ4n) is 3.35. The number of anilines is 1. The summed E-state index contributed by atoms with van der Waals surface area (Å²) in [6.45, 7) is 4.75. The summed E-state index contributed by atoms with van der Waals surface area (Å²) in [5, 5.41) is 5.62. The third kappa shape index (κ3) is 3.69. The summed E-state index contributed by atoms with van der Waals surface area (Å²) in [7, 11) is 0. The molecule has 0 fully saturated rings. The van der Waals surface area contributed by atoms with Gasteiger partial charge in [0, 0.05) is 30.6 Å². The van der Waals surface area contributed by atoms with E-state index in [0.717, 1.165) is 37.3 Å². The summed E-state index contributed by atoms with van der Waals surface area (Å²) in [5.74, 6) is -0.101. The number of hydrogen-bond donors (Lipinski definition) is 1. The van der Waals surface area contributed by atoms with Crippen LogP contribution in [0.2, 0.25) is 0 Å². The molecule has 0 saturated carbocycles. The number of aryl methyl sites for hydroxylation is 1. The topological polar surface area (TPSA) is 45.2 Å². The SMILES string of the molecule is Cc1ccccc1C(=O)Nc1nc(CN2CCc3ccccc3C2)cs1. The molecule has 26 heavy (non-hydrogen) atoms. The average molecular weight is 363 g/mol. The van der Waals surface area contributed by atoms with Gasteiger partial charge < -0.3 is 0 Å². The van der Waals surface area contributed by atoms with Crippen LogP contribution in [-0.4, -0.2) is 22.3 Å². The minimum Gasteiger partial charge on any atom is -0.298 e. The van der Waals surface area contributed by atoms with Gasteiger partial charge in [-0.15, -0.1) is 11.3 Å². The van der Waals surface area contributed by atoms with Crippen LogP contribution in [0, 0.1) is 6.92 Å². The second kappa shape index (κ2) is 7.40. The van der Waals surface area contributed by atoms with Crippen molar-refractivity contribution in [1.29, 1.82) is 0 Å². The van der Waals surface area contributed by atoms with Gasteiger partial charge in [0.05, 0.1) is 5.69 Å². The van der Waals surface area contributed by atoms with E-state index in [4.69, 9.17) is 0 Å². The van der Waals surface area contributed by atoms with E-state index in [1.54, 1.807) is 0 Å². The first kappa shape index (κ1) is 16.9. The maximum Gasteiger partial charge on any atom is 0.257 e. The molecule has 2 aromatic carbocycles. The summed E-state index contributed by atoms with van der Waals surface area (Å²) in [6, 6.07) is 16.2. The van der Waals surface area contributed by atoms with Gasteiger partial charge >= 0.3 is 0 Å². The molecular formula is C21H21N3OS. The maximum absolute atomic E-state index is 12.4. The Hall–Kier alpha value is -2.50. The number of amides is 1. The third-order valence-electron chi connectivity index (χ3n) is 4.76. The van der Waals surface area contributed by atoms with Crippen LogP contribution >= 0.6 is 11.3 Å². The van der Waals surface area contributed by atoms with E-state index < -0.39 is 0 Å². The van der Waals surface area contributed by atoms with E-state index in [-0.39, 0.29) is 5.91 Å². The van der Waals surface area contributed by atoms with E-state index >= 15 is 0 Å². The number of carbonyl (C=O) groups is 1. The molecule has 0 aliphatic carbocycles. The minimum absolute atomic E-state index is 0.101. The predicted molar refractivity (Wildman–Crippen MR) is 106 cm³/mol. The number of nitrogens with zero attached hydrogens (tertiary/aromatic N) is 2. The molecule has 0 spiro atoms. The van der Waals surface area contributed by atoms with E-state index in [0.29, 0.717) is 10.7 Å². The molecule has 5 heteroatoms. The quantitative estimate of drug-likeness (QED) is 0.753. The molecule has 132 valence electrons. The van der Waals surface area contributed by atoms with Crippen LogP contribution in [0.3, 0.4) is 0 Å². The van der Waals surface area contributed by atoms with Gasteiger partial charge in [-0.2, -0.15) is 0 Å². The summed E-state index contributed by atoms with van der Waals surface area (Å²) in [5.41, 5.74) is 5.52. The van der Waals surface area contributed by atoms with E-state index in [1.807, 2.05) is 36.6 Å². The van der Waals surface area contributed by atoms with Crippen LogP contribution < -0.4 is 5.32 Å². The van der Waals surface area contributed by atoms with Crippen LogP contribution in [0.1, 0.15) is 32.7 Å². The van der Waals surface area contributed by atoms with Crippen molar-refractivity contribution < 1.29 is 4.79 Å². The predicted octanol–water partition coefficient (Wildman–Crippen LogP) is 4.26. The first-order valence-corrected chi connectivity index (χ1v) is 9.67. The molecule has 0 saturated heterocycles. The lowest BCUT2D eigenvalue weighted by Gasteiger charge is -2.27. The van der Waals surface area contributed by atoms with Crippen molar-refractivity contribution in [3.05, 3.63) is 81.9 Å². The molecule has 2 heterocycles. The Morgan fingerprint density at radius 2 is 1.92 bits per heavy atom. The van der Waals surface area contributed by atoms with Gasteiger partial charge in [-0.05, 0) is 36.1 Å². The van der Waals surface area contributed by atoms with Crippen molar-refractivity contribution in [1.82, 2.24) is 9.88 Å². The molecule has 1 aliphatic rings. The fraction of sp³-hybridized carbons (Fsp3) is 0.238. The number of fused-ring (bicyclic) bond motifs is 1. The van der Waals surface area contributed by atoms with Gasteiger partial charge in [-0.1, -0.05) is 42.5 Å². The number of carbonyl (C=O) groups excluding carboxylic acids is 1. The molecule has 1 N–H and O–H groups in total. The van der Waals surface area contributed by atoms with Gasteiger partial charge in [0.15, 0.2) is 5.13 Å². The van der Waals surface area contributed by atoms with E-state index in [1.165, 1.54) is 22.5 Å². The van der Waals surface area contributed by atoms with Crippen molar-refractivity contribution in [3.8, 4) is 0 Å². The second-order valence-corrected chi connectivity index (χ2v) is 7.50. The first-order chi connectivity index (χ1) is 12.7. The Kier molecular flexibility index (Phi) is 4.82. The van der Waals surface area contributed by atoms with Crippen LogP contribution in [-0.2, 0) is 19.5 Å². The van der Waals surface area contributed by atoms with Crippen molar-refractivity contribution in [2.24, 2.45) is 0 Å². The molecule has 4 nitrogen and oxygen atoms in total. The van der Waals surface area contributed by atoms with Gasteiger partial charge in [-0.25, -0.2) is 4.98 Å². The Balaban J connectivity index is 1.40. The van der Waals surface area contributed by atoms with Crippen LogP contribution in [0.25, 0.3) is 0 Å². The Morgan fingerprint density at radius 3 is 2.77 bits per heavy atom. The Morgan fingerprint density at radius 1 is 1.15 bits per heavy atom. The number of benzene rings is 2. The van der Waals surface area contributed by atoms with Crippen molar-refractivity contribution in [2.45, 2.75) is 26.4 Å². The zero-order valence-electron chi connectivity index (χ0n) is 14.7. The first-order valence-electron chi connectivity index (χ1n) is 8.79. The fourth-order valence-corrected chi connectivity index (χ4v) is 4.04. The number of hydrogen-bond acceptors (Lipinski definition) is 4. The maximum atomic E-state index is 12.4. The minimum atomic E-state index is -0.101. The van der Waals surface area contributed by atoms with Gasteiger partial charge in [0.2, 0.25) is 0 Å². The normalized spacial score (nSPS) is 14.0. The third-order valence-corrected chi connectivity index (χ3v) is 5.56. The molecule has 4 rings (SSSR count). The monoisotopic (exact) mass is 363 g/mol. The molecular weight excluding hydrogens is 342 g/mol. The number of nitrogens with one attached hydrogen (secondary N) is 1. The van der Waals surface area contributed by atoms with Crippen LogP contribution in [0.4, 0.5) is 5.13 Å². The lowest BCUT2D eigenvalue weighted by atomic mass is 10.00. The lowest BCUT2D eigenvalue weighted by Crippen LogP contribution is -2.30. The summed E-state index contributed by atoms with van der Waals surface area (Å²) >= 11 is 1.48. The van der Waals surface area contributed by atoms with Gasteiger partial charge in [-0.3, -0.25) is 15.0 Å². The Bertz CT molecular complexity index is 934.